The molecular weight excluding hydrogens is 222 g/mol. The molecule has 0 atom stereocenters. The van der Waals surface area contributed by atoms with Gasteiger partial charge in [0.05, 0.1) is 18.0 Å². The van der Waals surface area contributed by atoms with Crippen molar-refractivity contribution >= 4 is 17.7 Å². The molecule has 6 heteroatoms. The van der Waals surface area contributed by atoms with Crippen LogP contribution in [0.5, 0.6) is 0 Å². The molecule has 0 unspecified atom stereocenters. The Morgan fingerprint density at radius 1 is 1.47 bits per heavy atom. The van der Waals surface area contributed by atoms with Crippen molar-refractivity contribution in [1.29, 1.82) is 0 Å². The summed E-state index contributed by atoms with van der Waals surface area (Å²) in [5, 5.41) is 4.98. The van der Waals surface area contributed by atoms with E-state index in [1.54, 1.807) is 32.2 Å². The lowest BCUT2D eigenvalue weighted by molar-refractivity contribution is -0.141. The van der Waals surface area contributed by atoms with Crippen LogP contribution >= 0.6 is 0 Å². The maximum absolute atomic E-state index is 11.4. The van der Waals surface area contributed by atoms with E-state index < -0.39 is 12.0 Å². The zero-order chi connectivity index (χ0) is 12.7. The molecule has 92 valence electrons. The van der Waals surface area contributed by atoms with Gasteiger partial charge < -0.3 is 15.4 Å². The molecule has 6 nitrogen and oxygen atoms in total. The third-order valence-electron chi connectivity index (χ3n) is 1.95. The van der Waals surface area contributed by atoms with E-state index in [-0.39, 0.29) is 6.54 Å². The SMILES string of the molecule is CCOC(=O)CNC(=O)Nc1cccnc1C. The number of nitrogens with one attached hydrogen (secondary N) is 2. The molecular formula is C11H15N3O3. The Morgan fingerprint density at radius 2 is 2.24 bits per heavy atom. The number of aromatic nitrogens is 1. The lowest BCUT2D eigenvalue weighted by Gasteiger charge is -2.08. The molecule has 0 aromatic carbocycles. The molecule has 1 aromatic rings. The van der Waals surface area contributed by atoms with Gasteiger partial charge in [0.2, 0.25) is 0 Å². The Kier molecular flexibility index (Phi) is 4.93. The summed E-state index contributed by atoms with van der Waals surface area (Å²) in [6.07, 6.45) is 1.64. The van der Waals surface area contributed by atoms with Gasteiger partial charge in [-0.15, -0.1) is 0 Å². The predicted octanol–water partition coefficient (Wildman–Crippen LogP) is 1.07. The predicted molar refractivity (Wildman–Crippen MR) is 62.6 cm³/mol. The maximum atomic E-state index is 11.4. The Morgan fingerprint density at radius 3 is 2.88 bits per heavy atom. The molecule has 0 spiro atoms. The number of urea groups is 1. The molecule has 0 aliphatic heterocycles. The minimum Gasteiger partial charge on any atom is -0.465 e. The lowest BCUT2D eigenvalue weighted by atomic mass is 10.3. The first kappa shape index (κ1) is 13.0. The van der Waals surface area contributed by atoms with E-state index in [0.29, 0.717) is 18.0 Å². The van der Waals surface area contributed by atoms with Crippen LogP contribution < -0.4 is 10.6 Å². The van der Waals surface area contributed by atoms with Crippen LogP contribution in [0.25, 0.3) is 0 Å². The molecule has 0 aliphatic carbocycles. The standard InChI is InChI=1S/C11H15N3O3/c1-3-17-10(15)7-13-11(16)14-9-5-4-6-12-8(9)2/h4-6H,3,7H2,1-2H3,(H2,13,14,16). The zero-order valence-electron chi connectivity index (χ0n) is 9.82. The van der Waals surface area contributed by atoms with Crippen molar-refractivity contribution in [2.45, 2.75) is 13.8 Å². The fraction of sp³-hybridized carbons (Fsp3) is 0.364. The Labute approximate surface area is 99.4 Å². The Bertz CT molecular complexity index is 407. The van der Waals surface area contributed by atoms with Crippen molar-refractivity contribution in [3.05, 3.63) is 24.0 Å². The van der Waals surface area contributed by atoms with E-state index in [9.17, 15) is 9.59 Å². The molecule has 1 heterocycles. The number of carbonyl (C=O) groups excluding carboxylic acids is 2. The molecule has 2 N–H and O–H groups in total. The second kappa shape index (κ2) is 6.47. The summed E-state index contributed by atoms with van der Waals surface area (Å²) in [6.45, 7) is 3.63. The normalized spacial score (nSPS) is 9.53. The third kappa shape index (κ3) is 4.50. The average Bonchev–Trinajstić information content (AvgIpc) is 2.30. The smallest absolute Gasteiger partial charge is 0.325 e. The monoisotopic (exact) mass is 237 g/mol. The number of ether oxygens (including phenoxy) is 1. The highest BCUT2D eigenvalue weighted by atomic mass is 16.5. The van der Waals surface area contributed by atoms with E-state index in [1.165, 1.54) is 0 Å². The van der Waals surface area contributed by atoms with Gasteiger partial charge in [-0.3, -0.25) is 9.78 Å². The molecule has 2 amide bonds. The summed E-state index contributed by atoms with van der Waals surface area (Å²) in [7, 11) is 0. The first-order valence-corrected chi connectivity index (χ1v) is 5.25. The summed E-state index contributed by atoms with van der Waals surface area (Å²) in [5.41, 5.74) is 1.31. The van der Waals surface area contributed by atoms with E-state index in [0.717, 1.165) is 0 Å². The number of anilines is 1. The quantitative estimate of drug-likeness (QED) is 0.768. The maximum Gasteiger partial charge on any atom is 0.325 e. The number of amides is 2. The summed E-state index contributed by atoms with van der Waals surface area (Å²) in [4.78, 5) is 26.4. The van der Waals surface area contributed by atoms with Crippen LogP contribution in [0.4, 0.5) is 10.5 Å². The van der Waals surface area contributed by atoms with Gasteiger partial charge in [-0.05, 0) is 26.0 Å². The van der Waals surface area contributed by atoms with Crippen molar-refractivity contribution in [3.63, 3.8) is 0 Å². The highest BCUT2D eigenvalue weighted by molar-refractivity contribution is 5.91. The van der Waals surface area contributed by atoms with Crippen molar-refractivity contribution in [2.75, 3.05) is 18.5 Å². The fourth-order valence-corrected chi connectivity index (χ4v) is 1.15. The van der Waals surface area contributed by atoms with E-state index >= 15 is 0 Å². The molecule has 0 saturated heterocycles. The number of hydrogen-bond acceptors (Lipinski definition) is 4. The number of nitrogens with zero attached hydrogens (tertiary/aromatic N) is 1. The van der Waals surface area contributed by atoms with Crippen molar-refractivity contribution in [2.24, 2.45) is 0 Å². The molecule has 1 rings (SSSR count). The van der Waals surface area contributed by atoms with Crippen LogP contribution in [0.3, 0.4) is 0 Å². The van der Waals surface area contributed by atoms with Crippen LogP contribution in [0.2, 0.25) is 0 Å². The van der Waals surface area contributed by atoms with Gasteiger partial charge >= 0.3 is 12.0 Å². The van der Waals surface area contributed by atoms with Crippen molar-refractivity contribution in [3.8, 4) is 0 Å². The van der Waals surface area contributed by atoms with Crippen molar-refractivity contribution < 1.29 is 14.3 Å². The van der Waals surface area contributed by atoms with Gasteiger partial charge in [0.15, 0.2) is 0 Å². The number of rotatable bonds is 4. The molecule has 1 aromatic heterocycles. The van der Waals surface area contributed by atoms with E-state index in [4.69, 9.17) is 0 Å². The Balaban J connectivity index is 2.40. The molecule has 0 saturated carbocycles. The van der Waals surface area contributed by atoms with E-state index in [2.05, 4.69) is 20.4 Å². The number of carbonyl (C=O) groups is 2. The minimum atomic E-state index is -0.467. The lowest BCUT2D eigenvalue weighted by Crippen LogP contribution is -2.34. The minimum absolute atomic E-state index is 0.154. The summed E-state index contributed by atoms with van der Waals surface area (Å²) in [6, 6.07) is 2.98. The molecule has 0 aliphatic rings. The van der Waals surface area contributed by atoms with Crippen LogP contribution in [0.15, 0.2) is 18.3 Å². The van der Waals surface area contributed by atoms with Gasteiger partial charge in [-0.1, -0.05) is 0 Å². The van der Waals surface area contributed by atoms with Gasteiger partial charge in [0.1, 0.15) is 6.54 Å². The number of pyridine rings is 1. The van der Waals surface area contributed by atoms with Gasteiger partial charge in [0.25, 0.3) is 0 Å². The van der Waals surface area contributed by atoms with Gasteiger partial charge in [-0.25, -0.2) is 4.79 Å². The van der Waals surface area contributed by atoms with E-state index in [1.807, 2.05) is 0 Å². The molecule has 0 fully saturated rings. The topological polar surface area (TPSA) is 80.3 Å². The number of aryl methyl sites for hydroxylation is 1. The summed E-state index contributed by atoms with van der Waals surface area (Å²) >= 11 is 0. The highest BCUT2D eigenvalue weighted by Gasteiger charge is 2.07. The summed E-state index contributed by atoms with van der Waals surface area (Å²) in [5.74, 6) is -0.467. The summed E-state index contributed by atoms with van der Waals surface area (Å²) < 4.78 is 4.67. The average molecular weight is 237 g/mol. The highest BCUT2D eigenvalue weighted by Crippen LogP contribution is 2.09. The molecule has 0 radical (unpaired) electrons. The molecule has 0 bridgehead atoms. The van der Waals surface area contributed by atoms with Crippen LogP contribution in [-0.4, -0.2) is 30.1 Å². The first-order valence-electron chi connectivity index (χ1n) is 5.25. The second-order valence-electron chi connectivity index (χ2n) is 3.25. The Hall–Kier alpha value is -2.11. The fourth-order valence-electron chi connectivity index (χ4n) is 1.15. The zero-order valence-corrected chi connectivity index (χ0v) is 9.82. The number of hydrogen-bond donors (Lipinski definition) is 2. The van der Waals surface area contributed by atoms with Gasteiger partial charge in [0, 0.05) is 6.20 Å². The first-order chi connectivity index (χ1) is 8.13. The third-order valence-corrected chi connectivity index (χ3v) is 1.95. The second-order valence-corrected chi connectivity index (χ2v) is 3.25. The largest absolute Gasteiger partial charge is 0.465 e. The van der Waals surface area contributed by atoms with Crippen molar-refractivity contribution in [1.82, 2.24) is 10.3 Å². The van der Waals surface area contributed by atoms with Crippen LogP contribution in [0, 0.1) is 6.92 Å². The molecule has 17 heavy (non-hydrogen) atoms. The van der Waals surface area contributed by atoms with Crippen LogP contribution in [0.1, 0.15) is 12.6 Å². The number of esters is 1. The van der Waals surface area contributed by atoms with Crippen LogP contribution in [-0.2, 0) is 9.53 Å². The van der Waals surface area contributed by atoms with Gasteiger partial charge in [-0.2, -0.15) is 0 Å².